The van der Waals surface area contributed by atoms with Crippen LogP contribution in [-0.4, -0.2) is 27.3 Å². The summed E-state index contributed by atoms with van der Waals surface area (Å²) in [6.45, 7) is 0. The molecular weight excluding hydrogens is 485 g/mol. The summed E-state index contributed by atoms with van der Waals surface area (Å²) in [5, 5.41) is 0. The molecule has 0 heterocycles. The van der Waals surface area contributed by atoms with E-state index < -0.39 is 0 Å². The van der Waals surface area contributed by atoms with E-state index in [4.69, 9.17) is 0 Å². The van der Waals surface area contributed by atoms with Crippen molar-refractivity contribution in [1.82, 2.24) is 0 Å². The van der Waals surface area contributed by atoms with Crippen LogP contribution in [0.2, 0.25) is 0 Å². The standard InChI is InChI=1S/La.Pb.Ti.Zr/q+3;;2*+2. The molecule has 0 unspecified atom stereocenters. The quantitative estimate of drug-likeness (QED) is 0.411. The molecule has 0 nitrogen and oxygen atoms in total. The Morgan fingerprint density at radius 1 is 1.00 bits per heavy atom. The van der Waals surface area contributed by atoms with Gasteiger partial charge in [-0.25, -0.2) is 0 Å². The summed E-state index contributed by atoms with van der Waals surface area (Å²) in [5.74, 6) is 0. The van der Waals surface area contributed by atoms with Crippen LogP contribution in [-0.2, 0) is 47.9 Å². The molecule has 4 heavy (non-hydrogen) atoms. The molecule has 0 fully saturated rings. The van der Waals surface area contributed by atoms with Crippen molar-refractivity contribution in [2.45, 2.75) is 0 Å². The Hall–Kier alpha value is 3.71. The molecule has 0 spiro atoms. The normalized spacial score (nSPS) is 0. The van der Waals surface area contributed by atoms with Gasteiger partial charge in [-0.15, -0.1) is 0 Å². The molecule has 0 saturated heterocycles. The molecule has 4 heteroatoms. The van der Waals surface area contributed by atoms with Crippen molar-refractivity contribution in [3.8, 4) is 0 Å². The van der Waals surface area contributed by atoms with Crippen molar-refractivity contribution in [3.63, 3.8) is 0 Å². The molecule has 8 valence electrons. The van der Waals surface area contributed by atoms with Gasteiger partial charge in [0, 0.05) is 27.3 Å². The summed E-state index contributed by atoms with van der Waals surface area (Å²) >= 11 is 0. The Morgan fingerprint density at radius 2 is 1.00 bits per heavy atom. The van der Waals surface area contributed by atoms with Crippen LogP contribution in [0.5, 0.6) is 0 Å². The summed E-state index contributed by atoms with van der Waals surface area (Å²) in [5.41, 5.74) is 0. The summed E-state index contributed by atoms with van der Waals surface area (Å²) < 4.78 is 0. The van der Waals surface area contributed by atoms with Crippen LogP contribution < -0.4 is 0 Å². The van der Waals surface area contributed by atoms with Gasteiger partial charge < -0.3 is 0 Å². The smallest absolute Gasteiger partial charge is 0 e. The first kappa shape index (κ1) is 25.2. The third-order valence-electron chi connectivity index (χ3n) is 0. The number of hydrogen-bond acceptors (Lipinski definition) is 0. The zero-order chi connectivity index (χ0) is 0. The first-order valence-electron chi connectivity index (χ1n) is 0. The molecule has 0 N–H and O–H groups in total. The van der Waals surface area contributed by atoms with Gasteiger partial charge in [0.15, 0.2) is 0 Å². The molecule has 0 aromatic rings. The molecule has 0 aromatic heterocycles. The van der Waals surface area contributed by atoms with E-state index in [-0.39, 0.29) is 111 Å². The van der Waals surface area contributed by atoms with Gasteiger partial charge in [0.25, 0.3) is 0 Å². The SMILES string of the molecule is [La+3].[Pb].[Ti+2].[Zr+2]. The van der Waals surface area contributed by atoms with E-state index >= 15 is 0 Å². The first-order valence-corrected chi connectivity index (χ1v) is 0. The van der Waals surface area contributed by atoms with Crippen LogP contribution in [0.1, 0.15) is 0 Å². The Kier molecular flexibility index (Phi) is 100. The first-order chi connectivity index (χ1) is 0. The van der Waals surface area contributed by atoms with Gasteiger partial charge >= 0.3 is 83.5 Å². The second-order valence-corrected chi connectivity index (χ2v) is 0. The van der Waals surface area contributed by atoms with Crippen molar-refractivity contribution >= 4 is 27.3 Å². The number of rotatable bonds is 0. The Labute approximate surface area is 108 Å². The van der Waals surface area contributed by atoms with Crippen LogP contribution >= 0.6 is 0 Å². The summed E-state index contributed by atoms with van der Waals surface area (Å²) in [6.07, 6.45) is 0. The molecule has 0 atom stereocenters. The minimum Gasteiger partial charge on any atom is 0 e. The Morgan fingerprint density at radius 3 is 1.00 bits per heavy atom. The van der Waals surface area contributed by atoms with E-state index in [9.17, 15) is 0 Å². The van der Waals surface area contributed by atoms with E-state index in [1.165, 1.54) is 0 Å². The topological polar surface area (TPSA) is 0 Å². The summed E-state index contributed by atoms with van der Waals surface area (Å²) in [7, 11) is 0. The largest absolute Gasteiger partial charge is 3.00 e. The fourth-order valence-corrected chi connectivity index (χ4v) is 0. The Bertz CT molecular complexity index is 8.00. The van der Waals surface area contributed by atoms with E-state index in [1.54, 1.807) is 0 Å². The Balaban J connectivity index is 0. The zero-order valence-electron chi connectivity index (χ0n) is 2.08. The fourth-order valence-electron chi connectivity index (χ4n) is 0. The van der Waals surface area contributed by atoms with E-state index in [2.05, 4.69) is 0 Å². The molecular formula is LaPbTiZr+7. The maximum Gasteiger partial charge on any atom is 3.00 e. The van der Waals surface area contributed by atoms with Crippen molar-refractivity contribution < 1.29 is 83.5 Å². The molecule has 0 amide bonds. The van der Waals surface area contributed by atoms with Crippen molar-refractivity contribution in [3.05, 3.63) is 0 Å². The molecule has 0 aliphatic carbocycles. The minimum atomic E-state index is 0. The monoisotopic (exact) mass is 485 g/mol. The van der Waals surface area contributed by atoms with E-state index in [0.29, 0.717) is 0 Å². The maximum absolute atomic E-state index is 0. The third-order valence-corrected chi connectivity index (χ3v) is 0. The molecule has 4 radical (unpaired) electrons. The van der Waals surface area contributed by atoms with Crippen molar-refractivity contribution in [2.24, 2.45) is 0 Å². The fraction of sp³-hybridized carbons (Fsp3) is 0. The zero-order valence-corrected chi connectivity index (χ0v) is 13.6. The van der Waals surface area contributed by atoms with Crippen LogP contribution in [0.25, 0.3) is 0 Å². The predicted octanol–water partition coefficient (Wildman–Crippen LogP) is -0.386. The molecule has 0 aliphatic heterocycles. The van der Waals surface area contributed by atoms with Crippen LogP contribution in [0.4, 0.5) is 0 Å². The predicted molar refractivity (Wildman–Crippen MR) is 5.75 cm³/mol. The molecule has 0 aliphatic rings. The third kappa shape index (κ3) is 9.21. The van der Waals surface area contributed by atoms with Gasteiger partial charge in [-0.05, 0) is 0 Å². The number of hydrogen-bond donors (Lipinski definition) is 0. The van der Waals surface area contributed by atoms with Gasteiger partial charge in [-0.2, -0.15) is 0 Å². The van der Waals surface area contributed by atoms with Gasteiger partial charge in [-0.1, -0.05) is 0 Å². The van der Waals surface area contributed by atoms with E-state index in [0.717, 1.165) is 0 Å². The minimum absolute atomic E-state index is 0. The second-order valence-electron chi connectivity index (χ2n) is 0. The van der Waals surface area contributed by atoms with Gasteiger partial charge in [0.05, 0.1) is 0 Å². The van der Waals surface area contributed by atoms with Crippen LogP contribution in [0.15, 0.2) is 0 Å². The van der Waals surface area contributed by atoms with Gasteiger partial charge in [0.1, 0.15) is 0 Å². The van der Waals surface area contributed by atoms with Crippen LogP contribution in [0, 0.1) is 35.6 Å². The van der Waals surface area contributed by atoms with E-state index in [1.807, 2.05) is 0 Å². The van der Waals surface area contributed by atoms with Gasteiger partial charge in [-0.3, -0.25) is 0 Å². The molecule has 0 saturated carbocycles. The molecule has 0 aromatic carbocycles. The molecule has 0 bridgehead atoms. The maximum atomic E-state index is 0. The van der Waals surface area contributed by atoms with Crippen molar-refractivity contribution in [2.75, 3.05) is 0 Å². The second kappa shape index (κ2) is 15.9. The molecule has 0 rings (SSSR count). The average Bonchev–Trinajstić information content (AvgIpc) is 0. The average molecular weight is 485 g/mol. The van der Waals surface area contributed by atoms with Gasteiger partial charge in [0.2, 0.25) is 0 Å². The van der Waals surface area contributed by atoms with Crippen LogP contribution in [0.3, 0.4) is 0 Å². The summed E-state index contributed by atoms with van der Waals surface area (Å²) in [4.78, 5) is 0. The van der Waals surface area contributed by atoms with Crippen molar-refractivity contribution in [1.29, 1.82) is 0 Å². The summed E-state index contributed by atoms with van der Waals surface area (Å²) in [6, 6.07) is 0.